The van der Waals surface area contributed by atoms with E-state index in [1.165, 1.54) is 64.2 Å². The Morgan fingerprint density at radius 3 is 2.00 bits per heavy atom. The van der Waals surface area contributed by atoms with Gasteiger partial charge in [0.15, 0.2) is 0 Å². The SMILES string of the molecule is [CH2]COCC(CCCCCCCCCCCC)Oc1ccccc1. The van der Waals surface area contributed by atoms with Gasteiger partial charge in [0.1, 0.15) is 11.9 Å². The van der Waals surface area contributed by atoms with Crippen LogP contribution in [-0.2, 0) is 4.74 Å². The molecule has 0 saturated carbocycles. The summed E-state index contributed by atoms with van der Waals surface area (Å²) in [7, 11) is 0. The molecule has 1 aromatic rings. The third-order valence-electron chi connectivity index (χ3n) is 4.37. The summed E-state index contributed by atoms with van der Waals surface area (Å²) in [6, 6.07) is 10.0. The van der Waals surface area contributed by atoms with Crippen molar-refractivity contribution in [3.8, 4) is 5.75 Å². The van der Waals surface area contributed by atoms with Gasteiger partial charge in [0, 0.05) is 6.61 Å². The molecule has 0 aliphatic rings. The molecule has 0 fully saturated rings. The topological polar surface area (TPSA) is 18.5 Å². The molecule has 0 spiro atoms. The number of para-hydroxylation sites is 1. The third kappa shape index (κ3) is 11.5. The van der Waals surface area contributed by atoms with Gasteiger partial charge in [0.2, 0.25) is 0 Å². The zero-order chi connectivity index (χ0) is 17.3. The number of unbranched alkanes of at least 4 members (excludes halogenated alkanes) is 9. The lowest BCUT2D eigenvalue weighted by atomic mass is 10.0. The van der Waals surface area contributed by atoms with E-state index in [1.807, 2.05) is 30.3 Å². The van der Waals surface area contributed by atoms with Crippen LogP contribution >= 0.6 is 0 Å². The smallest absolute Gasteiger partial charge is 0.122 e. The molecule has 0 saturated heterocycles. The van der Waals surface area contributed by atoms with Crippen molar-refractivity contribution in [1.29, 1.82) is 0 Å². The fourth-order valence-electron chi connectivity index (χ4n) is 2.94. The van der Waals surface area contributed by atoms with Gasteiger partial charge >= 0.3 is 0 Å². The van der Waals surface area contributed by atoms with Crippen LogP contribution in [0.1, 0.15) is 77.6 Å². The van der Waals surface area contributed by atoms with E-state index >= 15 is 0 Å². The summed E-state index contributed by atoms with van der Waals surface area (Å²) in [6.45, 7) is 7.16. The molecule has 1 radical (unpaired) electrons. The van der Waals surface area contributed by atoms with Gasteiger partial charge in [-0.2, -0.15) is 0 Å². The monoisotopic (exact) mass is 333 g/mol. The van der Waals surface area contributed by atoms with Crippen LogP contribution in [0, 0.1) is 6.92 Å². The van der Waals surface area contributed by atoms with E-state index < -0.39 is 0 Å². The number of hydrogen-bond acceptors (Lipinski definition) is 2. The molecule has 0 bridgehead atoms. The lowest BCUT2D eigenvalue weighted by Gasteiger charge is -2.19. The molecule has 2 nitrogen and oxygen atoms in total. The van der Waals surface area contributed by atoms with Crippen LogP contribution in [0.5, 0.6) is 5.75 Å². The first-order chi connectivity index (χ1) is 11.9. The van der Waals surface area contributed by atoms with Crippen molar-refractivity contribution < 1.29 is 9.47 Å². The summed E-state index contributed by atoms with van der Waals surface area (Å²) in [4.78, 5) is 0. The first-order valence-corrected chi connectivity index (χ1v) is 9.95. The largest absolute Gasteiger partial charge is 0.488 e. The van der Waals surface area contributed by atoms with Gasteiger partial charge in [-0.25, -0.2) is 0 Å². The molecule has 0 N–H and O–H groups in total. The zero-order valence-corrected chi connectivity index (χ0v) is 15.7. The second-order valence-electron chi connectivity index (χ2n) is 6.60. The van der Waals surface area contributed by atoms with E-state index in [1.54, 1.807) is 0 Å². The highest BCUT2D eigenvalue weighted by atomic mass is 16.5. The quantitative estimate of drug-likeness (QED) is 0.317. The van der Waals surface area contributed by atoms with Crippen molar-refractivity contribution in [1.82, 2.24) is 0 Å². The van der Waals surface area contributed by atoms with Gasteiger partial charge in [-0.3, -0.25) is 0 Å². The number of hydrogen-bond donors (Lipinski definition) is 0. The van der Waals surface area contributed by atoms with Crippen molar-refractivity contribution in [3.63, 3.8) is 0 Å². The summed E-state index contributed by atoms with van der Waals surface area (Å²) in [5.41, 5.74) is 0. The van der Waals surface area contributed by atoms with Gasteiger partial charge in [0.25, 0.3) is 0 Å². The predicted molar refractivity (Wildman–Crippen MR) is 103 cm³/mol. The predicted octanol–water partition coefficient (Wildman–Crippen LogP) is 6.60. The molecule has 0 aliphatic carbocycles. The molecule has 1 atom stereocenters. The average molecular weight is 334 g/mol. The summed E-state index contributed by atoms with van der Waals surface area (Å²) < 4.78 is 11.5. The lowest BCUT2D eigenvalue weighted by Crippen LogP contribution is -2.23. The van der Waals surface area contributed by atoms with Gasteiger partial charge in [0.05, 0.1) is 6.61 Å². The standard InChI is InChI=1S/C22H37O2/c1-3-5-6-7-8-9-10-11-12-14-19-22(20-23-4-2)24-21-17-15-13-16-18-21/h13,15-18,22H,2-12,14,19-20H2,1H3. The van der Waals surface area contributed by atoms with Crippen LogP contribution in [0.15, 0.2) is 30.3 Å². The van der Waals surface area contributed by atoms with E-state index in [9.17, 15) is 0 Å². The molecule has 0 heterocycles. The second-order valence-corrected chi connectivity index (χ2v) is 6.60. The van der Waals surface area contributed by atoms with Crippen LogP contribution in [0.4, 0.5) is 0 Å². The number of benzene rings is 1. The number of ether oxygens (including phenoxy) is 2. The third-order valence-corrected chi connectivity index (χ3v) is 4.37. The second kappa shape index (κ2) is 15.5. The normalized spacial score (nSPS) is 12.2. The number of rotatable bonds is 16. The highest BCUT2D eigenvalue weighted by molar-refractivity contribution is 5.21. The Morgan fingerprint density at radius 1 is 0.833 bits per heavy atom. The Bertz CT molecular complexity index is 363. The Hall–Kier alpha value is -1.02. The van der Waals surface area contributed by atoms with Crippen LogP contribution in [0.3, 0.4) is 0 Å². The fraction of sp³-hybridized carbons (Fsp3) is 0.682. The molecule has 24 heavy (non-hydrogen) atoms. The summed E-state index contributed by atoms with van der Waals surface area (Å²) in [6.07, 6.45) is 14.8. The molecule has 1 aromatic carbocycles. The molecule has 1 unspecified atom stereocenters. The van der Waals surface area contributed by atoms with Gasteiger partial charge in [-0.1, -0.05) is 82.9 Å². The van der Waals surface area contributed by atoms with E-state index in [0.717, 1.165) is 12.2 Å². The Balaban J connectivity index is 2.07. The van der Waals surface area contributed by atoms with Crippen molar-refractivity contribution >= 4 is 0 Å². The summed E-state index contributed by atoms with van der Waals surface area (Å²) in [5, 5.41) is 0. The molecule has 0 aromatic heterocycles. The van der Waals surface area contributed by atoms with Crippen molar-refractivity contribution in [3.05, 3.63) is 37.3 Å². The van der Waals surface area contributed by atoms with Crippen molar-refractivity contribution in [2.45, 2.75) is 83.7 Å². The molecule has 137 valence electrons. The molecular formula is C22H37O2. The van der Waals surface area contributed by atoms with E-state index in [2.05, 4.69) is 13.8 Å². The minimum atomic E-state index is 0.142. The van der Waals surface area contributed by atoms with Crippen LogP contribution < -0.4 is 4.74 Å². The lowest BCUT2D eigenvalue weighted by molar-refractivity contribution is 0.0572. The summed E-state index contributed by atoms with van der Waals surface area (Å²) in [5.74, 6) is 0.933. The maximum atomic E-state index is 6.05. The molecular weight excluding hydrogens is 296 g/mol. The average Bonchev–Trinajstić information content (AvgIpc) is 2.62. The van der Waals surface area contributed by atoms with Gasteiger partial charge < -0.3 is 9.47 Å². The summed E-state index contributed by atoms with van der Waals surface area (Å²) >= 11 is 0. The van der Waals surface area contributed by atoms with Crippen LogP contribution in [0.2, 0.25) is 0 Å². The van der Waals surface area contributed by atoms with Crippen LogP contribution in [-0.4, -0.2) is 19.3 Å². The zero-order valence-electron chi connectivity index (χ0n) is 15.7. The van der Waals surface area contributed by atoms with Crippen molar-refractivity contribution in [2.24, 2.45) is 0 Å². The minimum Gasteiger partial charge on any atom is -0.488 e. The molecule has 2 heteroatoms. The molecule has 1 rings (SSSR count). The maximum absolute atomic E-state index is 6.05. The van der Waals surface area contributed by atoms with E-state index in [4.69, 9.17) is 9.47 Å². The first kappa shape index (κ1) is 21.0. The van der Waals surface area contributed by atoms with Gasteiger partial charge in [-0.15, -0.1) is 0 Å². The van der Waals surface area contributed by atoms with E-state index in [-0.39, 0.29) is 6.10 Å². The Labute approximate surface area is 149 Å². The van der Waals surface area contributed by atoms with E-state index in [0.29, 0.717) is 13.2 Å². The molecule has 0 aliphatic heterocycles. The Morgan fingerprint density at radius 2 is 1.42 bits per heavy atom. The highest BCUT2D eigenvalue weighted by Gasteiger charge is 2.10. The Kier molecular flexibility index (Phi) is 13.6. The minimum absolute atomic E-state index is 0.142. The van der Waals surface area contributed by atoms with Gasteiger partial charge in [-0.05, 0) is 31.9 Å². The molecule has 0 amide bonds. The highest BCUT2D eigenvalue weighted by Crippen LogP contribution is 2.16. The fourth-order valence-corrected chi connectivity index (χ4v) is 2.94. The van der Waals surface area contributed by atoms with Crippen molar-refractivity contribution in [2.75, 3.05) is 13.2 Å². The van der Waals surface area contributed by atoms with Crippen LogP contribution in [0.25, 0.3) is 0 Å². The maximum Gasteiger partial charge on any atom is 0.122 e. The first-order valence-electron chi connectivity index (χ1n) is 9.95.